The molecule has 0 rings (SSSR count). The maximum Gasteiger partial charge on any atom is 0.0695 e. The summed E-state index contributed by atoms with van der Waals surface area (Å²) in [5, 5.41) is 9.00. The van der Waals surface area contributed by atoms with Crippen LogP contribution >= 0.6 is 0 Å². The Hall–Kier alpha value is -0.300. The van der Waals surface area contributed by atoms with Gasteiger partial charge in [-0.25, -0.2) is 0 Å². The van der Waals surface area contributed by atoms with Crippen molar-refractivity contribution >= 4 is 0 Å². The molecular formula is C9H18O. The number of rotatable bonds is 4. The van der Waals surface area contributed by atoms with Crippen LogP contribution in [0.1, 0.15) is 40.0 Å². The van der Waals surface area contributed by atoms with Crippen molar-refractivity contribution in [2.24, 2.45) is 0 Å². The van der Waals surface area contributed by atoms with Crippen molar-refractivity contribution < 1.29 is 5.11 Å². The van der Waals surface area contributed by atoms with E-state index in [9.17, 15) is 0 Å². The fraction of sp³-hybridized carbons (Fsp3) is 0.778. The topological polar surface area (TPSA) is 20.2 Å². The number of aliphatic hydroxyl groups excluding tert-OH is 1. The summed E-state index contributed by atoms with van der Waals surface area (Å²) in [7, 11) is 0. The summed E-state index contributed by atoms with van der Waals surface area (Å²) in [6.45, 7) is 6.08. The molecule has 10 heavy (non-hydrogen) atoms. The summed E-state index contributed by atoms with van der Waals surface area (Å²) in [6, 6.07) is 0. The Kier molecular flexibility index (Phi) is 5.32. The normalized spacial score (nSPS) is 15.4. The highest BCUT2D eigenvalue weighted by atomic mass is 16.3. The highest BCUT2D eigenvalue weighted by Crippen LogP contribution is 2.09. The zero-order valence-corrected chi connectivity index (χ0v) is 7.22. The fourth-order valence-corrected chi connectivity index (χ4v) is 1.04. The van der Waals surface area contributed by atoms with Gasteiger partial charge in [0.25, 0.3) is 0 Å². The molecule has 0 fully saturated rings. The van der Waals surface area contributed by atoms with Gasteiger partial charge in [-0.15, -0.1) is 0 Å². The molecule has 1 heteroatoms. The largest absolute Gasteiger partial charge is 0.389 e. The Morgan fingerprint density at radius 2 is 2.10 bits per heavy atom. The summed E-state index contributed by atoms with van der Waals surface area (Å²) in [6.07, 6.45) is 5.04. The molecule has 1 atom stereocenters. The van der Waals surface area contributed by atoms with E-state index in [-0.39, 0.29) is 6.10 Å². The molecule has 0 saturated carbocycles. The van der Waals surface area contributed by atoms with Crippen LogP contribution in [0.5, 0.6) is 0 Å². The highest BCUT2D eigenvalue weighted by molar-refractivity contribution is 5.03. The summed E-state index contributed by atoms with van der Waals surface area (Å²) in [5.74, 6) is 0. The van der Waals surface area contributed by atoms with Gasteiger partial charge in [0.1, 0.15) is 0 Å². The van der Waals surface area contributed by atoms with Crippen molar-refractivity contribution in [2.75, 3.05) is 0 Å². The van der Waals surface area contributed by atoms with E-state index in [2.05, 4.69) is 13.8 Å². The monoisotopic (exact) mass is 142 g/mol. The summed E-state index contributed by atoms with van der Waals surface area (Å²) in [4.78, 5) is 0. The zero-order chi connectivity index (χ0) is 7.98. The van der Waals surface area contributed by atoms with Crippen LogP contribution in [-0.4, -0.2) is 11.2 Å². The first-order valence-corrected chi connectivity index (χ1v) is 4.08. The van der Waals surface area contributed by atoms with Gasteiger partial charge in [-0.3, -0.25) is 0 Å². The van der Waals surface area contributed by atoms with Crippen molar-refractivity contribution in [2.45, 2.75) is 46.1 Å². The van der Waals surface area contributed by atoms with E-state index in [0.29, 0.717) is 0 Å². The second kappa shape index (κ2) is 5.48. The quantitative estimate of drug-likeness (QED) is 0.598. The van der Waals surface area contributed by atoms with Gasteiger partial charge >= 0.3 is 0 Å². The Morgan fingerprint density at radius 3 is 2.40 bits per heavy atom. The minimum absolute atomic E-state index is 0.276. The molecule has 0 aromatic carbocycles. The molecule has 0 aromatic rings. The second-order valence-corrected chi connectivity index (χ2v) is 2.67. The second-order valence-electron chi connectivity index (χ2n) is 2.67. The number of aliphatic hydroxyl groups is 1. The minimum Gasteiger partial charge on any atom is -0.389 e. The Bertz CT molecular complexity index is 103. The van der Waals surface area contributed by atoms with Crippen LogP contribution in [0, 0.1) is 0 Å². The molecule has 1 nitrogen and oxygen atoms in total. The van der Waals surface area contributed by atoms with Crippen LogP contribution in [-0.2, 0) is 0 Å². The lowest BCUT2D eigenvalue weighted by Crippen LogP contribution is -1.95. The van der Waals surface area contributed by atoms with Gasteiger partial charge in [0, 0.05) is 0 Å². The van der Waals surface area contributed by atoms with Gasteiger partial charge in [0.15, 0.2) is 0 Å². The predicted molar refractivity (Wildman–Crippen MR) is 45.0 cm³/mol. The van der Waals surface area contributed by atoms with Crippen LogP contribution < -0.4 is 0 Å². The number of hydrogen-bond donors (Lipinski definition) is 1. The molecule has 0 aliphatic rings. The van der Waals surface area contributed by atoms with Crippen LogP contribution in [0.2, 0.25) is 0 Å². The third-order valence-corrected chi connectivity index (χ3v) is 1.50. The first kappa shape index (κ1) is 9.70. The minimum atomic E-state index is -0.276. The fourth-order valence-electron chi connectivity index (χ4n) is 1.04. The molecular weight excluding hydrogens is 124 g/mol. The van der Waals surface area contributed by atoms with Gasteiger partial charge in [-0.1, -0.05) is 31.9 Å². The van der Waals surface area contributed by atoms with E-state index in [1.807, 2.05) is 6.08 Å². The third kappa shape index (κ3) is 4.57. The zero-order valence-electron chi connectivity index (χ0n) is 7.22. The molecule has 0 spiro atoms. The van der Waals surface area contributed by atoms with Crippen molar-refractivity contribution in [3.8, 4) is 0 Å². The molecule has 0 aliphatic carbocycles. The Balaban J connectivity index is 3.78. The third-order valence-electron chi connectivity index (χ3n) is 1.50. The van der Waals surface area contributed by atoms with Crippen LogP contribution in [0.15, 0.2) is 11.6 Å². The average Bonchev–Trinajstić information content (AvgIpc) is 1.86. The van der Waals surface area contributed by atoms with Crippen molar-refractivity contribution in [1.82, 2.24) is 0 Å². The van der Waals surface area contributed by atoms with Crippen molar-refractivity contribution in [3.63, 3.8) is 0 Å². The molecule has 0 radical (unpaired) electrons. The Morgan fingerprint density at radius 1 is 1.50 bits per heavy atom. The number of hydrogen-bond acceptors (Lipinski definition) is 1. The van der Waals surface area contributed by atoms with Gasteiger partial charge in [-0.2, -0.15) is 0 Å². The summed E-state index contributed by atoms with van der Waals surface area (Å²) >= 11 is 0. The maximum atomic E-state index is 9.00. The van der Waals surface area contributed by atoms with Crippen molar-refractivity contribution in [1.29, 1.82) is 0 Å². The lowest BCUT2D eigenvalue weighted by molar-refractivity contribution is 0.242. The van der Waals surface area contributed by atoms with E-state index < -0.39 is 0 Å². The molecule has 0 saturated heterocycles. The molecule has 0 aromatic heterocycles. The smallest absolute Gasteiger partial charge is 0.0695 e. The van der Waals surface area contributed by atoms with E-state index in [4.69, 9.17) is 5.11 Å². The molecule has 1 N–H and O–H groups in total. The molecule has 0 bridgehead atoms. The lowest BCUT2D eigenvalue weighted by Gasteiger charge is -2.03. The first-order chi connectivity index (χ1) is 4.70. The Labute approximate surface area is 63.8 Å². The standard InChI is InChI=1S/C9H18O/c1-4-6-9(5-2)7-8(3)10/h7-8,10H,4-6H2,1-3H3/b9-7+. The van der Waals surface area contributed by atoms with E-state index in [1.165, 1.54) is 12.0 Å². The molecule has 0 aliphatic heterocycles. The van der Waals surface area contributed by atoms with Gasteiger partial charge in [0.05, 0.1) is 6.10 Å². The maximum absolute atomic E-state index is 9.00. The molecule has 0 amide bonds. The average molecular weight is 142 g/mol. The van der Waals surface area contributed by atoms with Crippen LogP contribution in [0.4, 0.5) is 0 Å². The summed E-state index contributed by atoms with van der Waals surface area (Å²) < 4.78 is 0. The van der Waals surface area contributed by atoms with Crippen molar-refractivity contribution in [3.05, 3.63) is 11.6 Å². The van der Waals surface area contributed by atoms with Gasteiger partial charge in [0.2, 0.25) is 0 Å². The lowest BCUT2D eigenvalue weighted by atomic mass is 10.1. The first-order valence-electron chi connectivity index (χ1n) is 4.08. The molecule has 1 unspecified atom stereocenters. The van der Waals surface area contributed by atoms with E-state index >= 15 is 0 Å². The summed E-state index contributed by atoms with van der Waals surface area (Å²) in [5.41, 5.74) is 1.37. The predicted octanol–water partition coefficient (Wildman–Crippen LogP) is 2.50. The van der Waals surface area contributed by atoms with Gasteiger partial charge < -0.3 is 5.11 Å². The molecule has 60 valence electrons. The number of allylic oxidation sites excluding steroid dienone is 1. The highest BCUT2D eigenvalue weighted by Gasteiger charge is 1.94. The van der Waals surface area contributed by atoms with Crippen LogP contribution in [0.3, 0.4) is 0 Å². The van der Waals surface area contributed by atoms with E-state index in [0.717, 1.165) is 12.8 Å². The SMILES string of the molecule is CCC/C(=C/C(C)O)CC. The van der Waals surface area contributed by atoms with E-state index in [1.54, 1.807) is 6.92 Å². The van der Waals surface area contributed by atoms with Gasteiger partial charge in [-0.05, 0) is 19.8 Å². The van der Waals surface area contributed by atoms with Crippen LogP contribution in [0.25, 0.3) is 0 Å². The molecule has 0 heterocycles.